The zero-order chi connectivity index (χ0) is 10.8. The highest BCUT2D eigenvalue weighted by Gasteiger charge is 2.05. The summed E-state index contributed by atoms with van der Waals surface area (Å²) < 4.78 is 0. The minimum Gasteiger partial charge on any atom is -0.382 e. The number of aromatic nitrogens is 2. The molecule has 4 heteroatoms. The van der Waals surface area contributed by atoms with E-state index in [1.165, 1.54) is 6.20 Å². The van der Waals surface area contributed by atoms with Gasteiger partial charge in [-0.25, -0.2) is 9.97 Å². The molecule has 2 aromatic rings. The molecule has 0 aliphatic carbocycles. The van der Waals surface area contributed by atoms with Crippen LogP contribution in [0.25, 0.3) is 11.3 Å². The van der Waals surface area contributed by atoms with Crippen molar-refractivity contribution in [3.63, 3.8) is 0 Å². The van der Waals surface area contributed by atoms with Crippen molar-refractivity contribution in [1.82, 2.24) is 9.97 Å². The molecule has 3 nitrogen and oxygen atoms in total. The number of nitrogen functional groups attached to an aromatic ring is 1. The van der Waals surface area contributed by atoms with Crippen LogP contribution in [0, 0.1) is 6.92 Å². The third-order valence-corrected chi connectivity index (χ3v) is 2.24. The Morgan fingerprint density at radius 3 is 2.80 bits per heavy atom. The molecule has 0 bridgehead atoms. The average Bonchev–Trinajstić information content (AvgIpc) is 2.17. The topological polar surface area (TPSA) is 51.8 Å². The van der Waals surface area contributed by atoms with E-state index >= 15 is 0 Å². The Morgan fingerprint density at radius 1 is 1.33 bits per heavy atom. The first-order chi connectivity index (χ1) is 7.16. The summed E-state index contributed by atoms with van der Waals surface area (Å²) in [6, 6.07) is 7.93. The van der Waals surface area contributed by atoms with Gasteiger partial charge in [-0.05, 0) is 13.0 Å². The predicted molar refractivity (Wildman–Crippen MR) is 61.6 cm³/mol. The molecule has 0 aliphatic rings. The molecule has 0 atom stereocenters. The van der Waals surface area contributed by atoms with Crippen molar-refractivity contribution in [3.8, 4) is 11.3 Å². The second-order valence-electron chi connectivity index (χ2n) is 3.30. The quantitative estimate of drug-likeness (QED) is 0.802. The van der Waals surface area contributed by atoms with Gasteiger partial charge < -0.3 is 5.73 Å². The number of hydrogen-bond acceptors (Lipinski definition) is 3. The molecule has 1 aromatic heterocycles. The van der Waals surface area contributed by atoms with Crippen LogP contribution >= 0.6 is 11.6 Å². The lowest BCUT2D eigenvalue weighted by Crippen LogP contribution is -1.97. The molecular weight excluding hydrogens is 210 g/mol. The summed E-state index contributed by atoms with van der Waals surface area (Å²) in [7, 11) is 0. The van der Waals surface area contributed by atoms with Gasteiger partial charge in [0.15, 0.2) is 5.82 Å². The first-order valence-corrected chi connectivity index (χ1v) is 4.89. The maximum Gasteiger partial charge on any atom is 0.151 e. The summed E-state index contributed by atoms with van der Waals surface area (Å²) >= 11 is 5.68. The second-order valence-corrected chi connectivity index (χ2v) is 3.68. The van der Waals surface area contributed by atoms with Gasteiger partial charge in [-0.1, -0.05) is 35.4 Å². The highest BCUT2D eigenvalue weighted by molar-refractivity contribution is 6.29. The molecule has 1 aromatic carbocycles. The second kappa shape index (κ2) is 3.87. The molecule has 0 saturated heterocycles. The minimum absolute atomic E-state index is 0.309. The van der Waals surface area contributed by atoms with Gasteiger partial charge in [-0.2, -0.15) is 0 Å². The van der Waals surface area contributed by atoms with Crippen molar-refractivity contribution in [1.29, 1.82) is 0 Å². The predicted octanol–water partition coefficient (Wildman–Crippen LogP) is 2.69. The normalized spacial score (nSPS) is 10.3. The number of anilines is 1. The third kappa shape index (κ3) is 2.07. The summed E-state index contributed by atoms with van der Waals surface area (Å²) in [5.74, 6) is 0.355. The van der Waals surface area contributed by atoms with Crippen molar-refractivity contribution < 1.29 is 0 Å². The number of nitrogens with zero attached hydrogens (tertiary/aromatic N) is 2. The molecule has 2 rings (SSSR count). The van der Waals surface area contributed by atoms with Gasteiger partial charge in [0.2, 0.25) is 0 Å². The van der Waals surface area contributed by atoms with Gasteiger partial charge in [0.1, 0.15) is 10.8 Å². The zero-order valence-corrected chi connectivity index (χ0v) is 8.99. The fraction of sp³-hybridized carbons (Fsp3) is 0.0909. The van der Waals surface area contributed by atoms with E-state index in [9.17, 15) is 0 Å². The first kappa shape index (κ1) is 9.93. The Kier molecular flexibility index (Phi) is 2.56. The number of halogens is 1. The number of rotatable bonds is 1. The summed E-state index contributed by atoms with van der Waals surface area (Å²) in [5, 5.41) is 0.309. The van der Waals surface area contributed by atoms with Crippen LogP contribution in [0.5, 0.6) is 0 Å². The zero-order valence-electron chi connectivity index (χ0n) is 8.24. The van der Waals surface area contributed by atoms with Crippen LogP contribution in [-0.4, -0.2) is 9.97 Å². The van der Waals surface area contributed by atoms with Crippen LogP contribution in [0.4, 0.5) is 5.82 Å². The third-order valence-electron chi connectivity index (χ3n) is 2.06. The molecule has 76 valence electrons. The van der Waals surface area contributed by atoms with Crippen LogP contribution in [-0.2, 0) is 0 Å². The Hall–Kier alpha value is -1.61. The summed E-state index contributed by atoms with van der Waals surface area (Å²) in [4.78, 5) is 8.13. The highest BCUT2D eigenvalue weighted by Crippen LogP contribution is 2.23. The fourth-order valence-electron chi connectivity index (χ4n) is 1.40. The molecule has 15 heavy (non-hydrogen) atoms. The molecule has 1 heterocycles. The molecule has 0 aliphatic heterocycles. The lowest BCUT2D eigenvalue weighted by molar-refractivity contribution is 1.21. The number of aryl methyl sites for hydroxylation is 1. The molecular formula is C11H10ClN3. The van der Waals surface area contributed by atoms with E-state index in [2.05, 4.69) is 9.97 Å². The molecule has 0 amide bonds. The Morgan fingerprint density at radius 2 is 2.13 bits per heavy atom. The summed E-state index contributed by atoms with van der Waals surface area (Å²) in [5.41, 5.74) is 8.53. The van der Waals surface area contributed by atoms with Gasteiger partial charge in [-0.15, -0.1) is 0 Å². The van der Waals surface area contributed by atoms with Crippen LogP contribution < -0.4 is 5.73 Å². The Labute approximate surface area is 92.9 Å². The van der Waals surface area contributed by atoms with E-state index < -0.39 is 0 Å². The first-order valence-electron chi connectivity index (χ1n) is 4.52. The maximum absolute atomic E-state index is 5.75. The monoisotopic (exact) mass is 219 g/mol. The average molecular weight is 220 g/mol. The Balaban J connectivity index is 2.54. The van der Waals surface area contributed by atoms with Crippen molar-refractivity contribution in [2.24, 2.45) is 0 Å². The molecule has 0 radical (unpaired) electrons. The maximum atomic E-state index is 5.75. The number of benzene rings is 1. The van der Waals surface area contributed by atoms with Crippen LogP contribution in [0.1, 0.15) is 5.56 Å². The van der Waals surface area contributed by atoms with Gasteiger partial charge >= 0.3 is 0 Å². The number of hydrogen-bond donors (Lipinski definition) is 1. The van der Waals surface area contributed by atoms with Crippen molar-refractivity contribution in [2.75, 3.05) is 5.73 Å². The highest BCUT2D eigenvalue weighted by atomic mass is 35.5. The van der Waals surface area contributed by atoms with Gasteiger partial charge in [0, 0.05) is 5.56 Å². The molecule has 0 unspecified atom stereocenters. The van der Waals surface area contributed by atoms with Crippen molar-refractivity contribution in [3.05, 3.63) is 41.2 Å². The van der Waals surface area contributed by atoms with Gasteiger partial charge in [0.25, 0.3) is 0 Å². The number of nitrogens with two attached hydrogens (primary N) is 1. The van der Waals surface area contributed by atoms with Crippen molar-refractivity contribution >= 4 is 17.4 Å². The van der Waals surface area contributed by atoms with Crippen molar-refractivity contribution in [2.45, 2.75) is 6.92 Å². The largest absolute Gasteiger partial charge is 0.382 e. The van der Waals surface area contributed by atoms with Crippen LogP contribution in [0.15, 0.2) is 30.5 Å². The lowest BCUT2D eigenvalue weighted by Gasteiger charge is -2.04. The smallest absolute Gasteiger partial charge is 0.151 e. The summed E-state index contributed by atoms with van der Waals surface area (Å²) in [6.07, 6.45) is 1.50. The standard InChI is InChI=1S/C11H10ClN3/c1-7-3-2-4-8(5-7)10-11(13)15-9(12)6-14-10/h2-6H,1H3,(H2,13,15). The van der Waals surface area contributed by atoms with E-state index in [4.69, 9.17) is 17.3 Å². The van der Waals surface area contributed by atoms with E-state index in [0.29, 0.717) is 16.7 Å². The molecule has 0 fully saturated rings. The van der Waals surface area contributed by atoms with Gasteiger partial charge in [-0.3, -0.25) is 0 Å². The minimum atomic E-state index is 0.309. The summed E-state index contributed by atoms with van der Waals surface area (Å²) in [6.45, 7) is 2.02. The van der Waals surface area contributed by atoms with Crippen LogP contribution in [0.3, 0.4) is 0 Å². The fourth-order valence-corrected chi connectivity index (χ4v) is 1.54. The van der Waals surface area contributed by atoms with E-state index in [1.807, 2.05) is 31.2 Å². The Bertz CT molecular complexity index is 497. The molecule has 0 saturated carbocycles. The van der Waals surface area contributed by atoms with E-state index in [1.54, 1.807) is 0 Å². The van der Waals surface area contributed by atoms with Gasteiger partial charge in [0.05, 0.1) is 6.20 Å². The SMILES string of the molecule is Cc1cccc(-c2ncc(Cl)nc2N)c1. The van der Waals surface area contributed by atoms with E-state index in [-0.39, 0.29) is 0 Å². The van der Waals surface area contributed by atoms with E-state index in [0.717, 1.165) is 11.1 Å². The molecule has 0 spiro atoms. The van der Waals surface area contributed by atoms with Crippen LogP contribution in [0.2, 0.25) is 5.15 Å². The molecule has 2 N–H and O–H groups in total. The lowest BCUT2D eigenvalue weighted by atomic mass is 10.1.